The molecule has 0 aliphatic heterocycles. The van der Waals surface area contributed by atoms with Crippen molar-refractivity contribution < 1.29 is 9.13 Å². The van der Waals surface area contributed by atoms with Crippen LogP contribution in [0.1, 0.15) is 35.7 Å². The average molecular weight is 574 g/mol. The van der Waals surface area contributed by atoms with E-state index in [1.165, 1.54) is 23.9 Å². The predicted molar refractivity (Wildman–Crippen MR) is 153 cm³/mol. The monoisotopic (exact) mass is 572 g/mol. The second-order valence-electron chi connectivity index (χ2n) is 8.65. The van der Waals surface area contributed by atoms with E-state index >= 15 is 0 Å². The smallest absolute Gasteiger partial charge is 0.168 e. The molecule has 0 bridgehead atoms. The number of hydrazone groups is 1. The Hall–Kier alpha value is -3.24. The van der Waals surface area contributed by atoms with Crippen molar-refractivity contribution in [3.05, 3.63) is 111 Å². The van der Waals surface area contributed by atoms with Crippen molar-refractivity contribution >= 4 is 40.8 Å². The normalized spacial score (nSPS) is 15.4. The molecule has 7 nitrogen and oxygen atoms in total. The lowest BCUT2D eigenvalue weighted by Gasteiger charge is -2.32. The van der Waals surface area contributed by atoms with Gasteiger partial charge in [-0.2, -0.15) is 5.10 Å². The van der Waals surface area contributed by atoms with Gasteiger partial charge in [0, 0.05) is 17.0 Å². The number of benzene rings is 2. The molecule has 0 fully saturated rings. The summed E-state index contributed by atoms with van der Waals surface area (Å²) < 4.78 is 19.5. The van der Waals surface area contributed by atoms with Crippen LogP contribution in [0.2, 0.25) is 10.0 Å². The molecule has 0 spiro atoms. The number of ether oxygens (including phenoxy) is 1. The van der Waals surface area contributed by atoms with Gasteiger partial charge in [0.15, 0.2) is 11.0 Å². The summed E-state index contributed by atoms with van der Waals surface area (Å²) in [6.07, 6.45) is 8.95. The third kappa shape index (κ3) is 5.76. The maximum atomic E-state index is 14.0. The molecule has 198 valence electrons. The molecule has 0 saturated heterocycles. The van der Waals surface area contributed by atoms with Crippen LogP contribution >= 0.6 is 35.0 Å². The molecule has 2 aromatic carbocycles. The highest BCUT2D eigenvalue weighted by Crippen LogP contribution is 2.43. The zero-order chi connectivity index (χ0) is 27.3. The number of allylic oxidation sites excluding steroid dienone is 6. The molecule has 4 rings (SSSR count). The Balaban J connectivity index is 1.67. The topological polar surface area (TPSA) is 114 Å². The highest BCUT2D eigenvalue weighted by Gasteiger charge is 2.35. The van der Waals surface area contributed by atoms with Crippen molar-refractivity contribution in [3.8, 4) is 5.75 Å². The Morgan fingerprint density at radius 1 is 1.24 bits per heavy atom. The Kier molecular flexibility index (Phi) is 8.83. The van der Waals surface area contributed by atoms with E-state index in [0.29, 0.717) is 33.5 Å². The summed E-state index contributed by atoms with van der Waals surface area (Å²) >= 11 is 14.1. The van der Waals surface area contributed by atoms with Crippen LogP contribution < -0.4 is 21.8 Å². The Bertz CT molecular complexity index is 1450. The van der Waals surface area contributed by atoms with Gasteiger partial charge in [0.05, 0.1) is 28.8 Å². The average Bonchev–Trinajstić information content (AvgIpc) is 3.30. The van der Waals surface area contributed by atoms with Crippen LogP contribution in [0.25, 0.3) is 0 Å². The summed E-state index contributed by atoms with van der Waals surface area (Å²) in [6.45, 7) is 2.08. The number of halogens is 3. The number of rotatable bonds is 8. The Morgan fingerprint density at radius 3 is 2.76 bits per heavy atom. The molecule has 1 aliphatic carbocycles. The van der Waals surface area contributed by atoms with Gasteiger partial charge in [-0.1, -0.05) is 64.8 Å². The number of amidine groups is 1. The second kappa shape index (κ2) is 12.1. The van der Waals surface area contributed by atoms with Crippen molar-refractivity contribution in [1.29, 1.82) is 0 Å². The van der Waals surface area contributed by atoms with Gasteiger partial charge < -0.3 is 21.0 Å². The molecule has 11 heteroatoms. The number of nitrogens with two attached hydrogens (primary N) is 2. The van der Waals surface area contributed by atoms with Crippen molar-refractivity contribution in [2.75, 3.05) is 7.11 Å². The van der Waals surface area contributed by atoms with Crippen LogP contribution in [0.5, 0.6) is 5.75 Å². The number of thioether (sulfide) groups is 1. The summed E-state index contributed by atoms with van der Waals surface area (Å²) in [6, 6.07) is 11.2. The zero-order valence-electron chi connectivity index (χ0n) is 20.8. The van der Waals surface area contributed by atoms with E-state index < -0.39 is 5.41 Å². The van der Waals surface area contributed by atoms with E-state index in [1.54, 1.807) is 19.2 Å². The van der Waals surface area contributed by atoms with E-state index in [-0.39, 0.29) is 11.7 Å². The van der Waals surface area contributed by atoms with Crippen molar-refractivity contribution in [2.24, 2.45) is 16.8 Å². The van der Waals surface area contributed by atoms with Gasteiger partial charge in [0.25, 0.3) is 0 Å². The molecule has 6 N–H and O–H groups in total. The van der Waals surface area contributed by atoms with E-state index in [2.05, 4.69) is 27.4 Å². The first-order valence-electron chi connectivity index (χ1n) is 11.6. The van der Waals surface area contributed by atoms with Crippen molar-refractivity contribution in [3.63, 3.8) is 0 Å². The van der Waals surface area contributed by atoms with E-state index in [4.69, 9.17) is 39.6 Å². The fraction of sp³-hybridized carbons (Fsp3) is 0.185. The summed E-state index contributed by atoms with van der Waals surface area (Å²) in [5.74, 6) is 12.1. The molecule has 1 aliphatic rings. The van der Waals surface area contributed by atoms with Crippen LogP contribution in [-0.4, -0.2) is 22.9 Å². The van der Waals surface area contributed by atoms with E-state index in [0.717, 1.165) is 27.6 Å². The second-order valence-corrected chi connectivity index (χ2v) is 10.4. The lowest BCUT2D eigenvalue weighted by molar-refractivity contribution is 0.413. The largest absolute Gasteiger partial charge is 0.495 e. The zero-order valence-corrected chi connectivity index (χ0v) is 23.1. The Labute approximate surface area is 234 Å². The van der Waals surface area contributed by atoms with Crippen LogP contribution in [0.3, 0.4) is 0 Å². The van der Waals surface area contributed by atoms with Crippen LogP contribution in [0.4, 0.5) is 4.39 Å². The molecular formula is C27H27Cl2FN6OS. The third-order valence-electron chi connectivity index (χ3n) is 6.45. The number of hydrogen-bond donors (Lipinski definition) is 4. The maximum absolute atomic E-state index is 14.0. The molecule has 3 aromatic rings. The highest BCUT2D eigenvalue weighted by atomic mass is 35.5. The predicted octanol–water partition coefficient (Wildman–Crippen LogP) is 6.15. The summed E-state index contributed by atoms with van der Waals surface area (Å²) in [4.78, 5) is 8.11. The van der Waals surface area contributed by atoms with Crippen LogP contribution in [-0.2, 0) is 11.2 Å². The SMILES string of the molecule is COc1cc(C(C)(C2=CC=C(F)C=CC2)c2cnc(SCc3ccc(Cl)c(/C(=N/N)NN)c3)[nH]2)ccc1Cl. The van der Waals surface area contributed by atoms with Gasteiger partial charge in [0.1, 0.15) is 11.6 Å². The minimum Gasteiger partial charge on any atom is -0.495 e. The molecule has 0 radical (unpaired) electrons. The van der Waals surface area contributed by atoms with Crippen molar-refractivity contribution in [1.82, 2.24) is 15.4 Å². The number of imidazole rings is 1. The highest BCUT2D eigenvalue weighted by molar-refractivity contribution is 7.98. The molecule has 1 aromatic heterocycles. The quantitative estimate of drug-likeness (QED) is 0.0846. The minimum absolute atomic E-state index is 0.285. The number of aromatic amines is 1. The van der Waals surface area contributed by atoms with Gasteiger partial charge in [-0.25, -0.2) is 15.2 Å². The molecule has 1 unspecified atom stereocenters. The van der Waals surface area contributed by atoms with E-state index in [1.807, 2.05) is 42.6 Å². The first-order valence-corrected chi connectivity index (χ1v) is 13.3. The van der Waals surface area contributed by atoms with Gasteiger partial charge in [-0.3, -0.25) is 0 Å². The summed E-state index contributed by atoms with van der Waals surface area (Å²) in [5, 5.41) is 5.36. The van der Waals surface area contributed by atoms with Crippen LogP contribution in [0.15, 0.2) is 88.6 Å². The molecule has 1 atom stereocenters. The third-order valence-corrected chi connectivity index (χ3v) is 8.05. The number of aromatic nitrogens is 2. The first kappa shape index (κ1) is 27.8. The van der Waals surface area contributed by atoms with Crippen molar-refractivity contribution in [2.45, 2.75) is 29.7 Å². The molecule has 38 heavy (non-hydrogen) atoms. The number of hydrogen-bond acceptors (Lipinski definition) is 6. The molecule has 1 heterocycles. The molecular weight excluding hydrogens is 546 g/mol. The lowest BCUT2D eigenvalue weighted by atomic mass is 9.72. The lowest BCUT2D eigenvalue weighted by Crippen LogP contribution is -2.32. The number of H-pyrrole nitrogens is 1. The fourth-order valence-electron chi connectivity index (χ4n) is 4.27. The fourth-order valence-corrected chi connectivity index (χ4v) is 5.46. The molecule has 0 amide bonds. The number of methoxy groups -OCH3 is 1. The Morgan fingerprint density at radius 2 is 2.03 bits per heavy atom. The standard InChI is InChI=1S/C27H27Cl2FN6OS/c1-27(17-4-3-5-19(30)9-7-17,18-8-11-22(29)23(13-18)37-2)24-14-33-26(34-24)38-15-16-6-10-21(28)20(12-16)25(35-31)36-32/h3,5-14H,4,15,31-32H2,1-2H3,(H,33,34)(H,35,36). The van der Waals surface area contributed by atoms with Gasteiger partial charge >= 0.3 is 0 Å². The van der Waals surface area contributed by atoms with Crippen LogP contribution in [0, 0.1) is 0 Å². The van der Waals surface area contributed by atoms with Gasteiger partial charge in [0.2, 0.25) is 0 Å². The maximum Gasteiger partial charge on any atom is 0.168 e. The van der Waals surface area contributed by atoms with E-state index in [9.17, 15) is 4.39 Å². The first-order chi connectivity index (χ1) is 18.3. The van der Waals surface area contributed by atoms with Gasteiger partial charge in [-0.05, 0) is 60.9 Å². The number of nitrogens with zero attached hydrogens (tertiary/aromatic N) is 2. The summed E-state index contributed by atoms with van der Waals surface area (Å²) in [7, 11) is 1.58. The molecule has 0 saturated carbocycles. The minimum atomic E-state index is -0.665. The van der Waals surface area contributed by atoms with Gasteiger partial charge in [-0.15, -0.1) is 0 Å². The number of hydrazine groups is 1. The number of nitrogens with one attached hydrogen (secondary N) is 2. The summed E-state index contributed by atoms with van der Waals surface area (Å²) in [5.41, 5.74) is 6.13.